The van der Waals surface area contributed by atoms with Crippen molar-refractivity contribution in [3.05, 3.63) is 46.9 Å². The molecule has 0 radical (unpaired) electrons. The standard InChI is InChI=1S/C25H27F2N7O2/c1-33-21(26)11-18(30-25(33)36)13-5-8-16(20(35)9-13)24-28-12-22(31-32-24)34(15-6-7-15)19-10-14-3-2-4-17(29-14)23(19)27/h5,8-9,11-12,14-15,17,19,23,29,35H,2-4,6-7,10H2,1H3/t14-,17+,19+,23-/m1/s1. The van der Waals surface area contributed by atoms with Crippen LogP contribution in [0.1, 0.15) is 38.5 Å². The lowest BCUT2D eigenvalue weighted by molar-refractivity contribution is 0.104. The zero-order chi connectivity index (χ0) is 25.0. The number of aromatic nitrogens is 5. The Bertz CT molecular complexity index is 1350. The number of rotatable bonds is 5. The fourth-order valence-corrected chi connectivity index (χ4v) is 5.48. The van der Waals surface area contributed by atoms with E-state index in [-0.39, 0.29) is 35.4 Å². The summed E-state index contributed by atoms with van der Waals surface area (Å²) in [6, 6.07) is 5.88. The zero-order valence-corrected chi connectivity index (χ0v) is 19.8. The van der Waals surface area contributed by atoms with Gasteiger partial charge >= 0.3 is 5.69 Å². The van der Waals surface area contributed by atoms with E-state index in [0.717, 1.165) is 49.2 Å². The molecule has 9 nitrogen and oxygen atoms in total. The van der Waals surface area contributed by atoms with Gasteiger partial charge in [-0.15, -0.1) is 10.2 Å². The quantitative estimate of drug-likeness (QED) is 0.520. The summed E-state index contributed by atoms with van der Waals surface area (Å²) in [6.45, 7) is 0. The minimum Gasteiger partial charge on any atom is -0.507 e. The minimum atomic E-state index is -0.978. The molecular weight excluding hydrogens is 468 g/mol. The number of anilines is 1. The van der Waals surface area contributed by atoms with E-state index >= 15 is 4.39 Å². The van der Waals surface area contributed by atoms with Crippen LogP contribution in [-0.2, 0) is 7.05 Å². The smallest absolute Gasteiger partial charge is 0.350 e. The second-order valence-electron chi connectivity index (χ2n) is 9.96. The molecule has 4 heterocycles. The molecule has 36 heavy (non-hydrogen) atoms. The molecule has 11 heteroatoms. The number of phenols is 1. The van der Waals surface area contributed by atoms with Crippen molar-refractivity contribution in [3.8, 4) is 28.4 Å². The molecule has 3 aromatic rings. The highest BCUT2D eigenvalue weighted by atomic mass is 19.1. The molecule has 0 amide bonds. The van der Waals surface area contributed by atoms with Gasteiger partial charge in [-0.1, -0.05) is 12.5 Å². The Morgan fingerprint density at radius 2 is 2.00 bits per heavy atom. The van der Waals surface area contributed by atoms with Gasteiger partial charge < -0.3 is 15.3 Å². The summed E-state index contributed by atoms with van der Waals surface area (Å²) < 4.78 is 30.2. The molecule has 0 unspecified atom stereocenters. The molecule has 4 atom stereocenters. The predicted octanol–water partition coefficient (Wildman–Crippen LogP) is 2.73. The number of hydrogen-bond acceptors (Lipinski definition) is 8. The molecule has 1 saturated carbocycles. The van der Waals surface area contributed by atoms with Crippen molar-refractivity contribution in [3.63, 3.8) is 0 Å². The molecule has 2 N–H and O–H groups in total. The van der Waals surface area contributed by atoms with Crippen LogP contribution in [0, 0.1) is 5.95 Å². The molecule has 6 rings (SSSR count). The highest BCUT2D eigenvalue weighted by Gasteiger charge is 2.46. The van der Waals surface area contributed by atoms with Crippen molar-refractivity contribution in [2.24, 2.45) is 7.05 Å². The molecule has 2 aliphatic heterocycles. The molecule has 1 aliphatic carbocycles. The highest BCUT2D eigenvalue weighted by Crippen LogP contribution is 2.39. The summed E-state index contributed by atoms with van der Waals surface area (Å²) >= 11 is 0. The van der Waals surface area contributed by atoms with Crippen molar-refractivity contribution in [1.82, 2.24) is 30.0 Å². The number of nitrogens with zero attached hydrogens (tertiary/aromatic N) is 6. The molecule has 2 bridgehead atoms. The Balaban J connectivity index is 1.26. The first-order valence-electron chi connectivity index (χ1n) is 12.3. The Kier molecular flexibility index (Phi) is 5.66. The molecule has 1 aromatic carbocycles. The summed E-state index contributed by atoms with van der Waals surface area (Å²) in [7, 11) is 1.29. The summed E-state index contributed by atoms with van der Waals surface area (Å²) in [5, 5.41) is 22.7. The van der Waals surface area contributed by atoms with Crippen LogP contribution in [0.2, 0.25) is 0 Å². The summed E-state index contributed by atoms with van der Waals surface area (Å²) in [4.78, 5) is 22.2. The first-order chi connectivity index (χ1) is 17.4. The lowest BCUT2D eigenvalue weighted by Gasteiger charge is -2.47. The third-order valence-electron chi connectivity index (χ3n) is 7.52. The highest BCUT2D eigenvalue weighted by molar-refractivity contribution is 5.71. The first-order valence-corrected chi connectivity index (χ1v) is 12.3. The minimum absolute atomic E-state index is 0.111. The largest absolute Gasteiger partial charge is 0.507 e. The van der Waals surface area contributed by atoms with E-state index in [9.17, 15) is 14.3 Å². The van der Waals surface area contributed by atoms with Crippen LogP contribution in [-0.4, -0.2) is 60.2 Å². The molecule has 188 valence electrons. The maximum atomic E-state index is 15.4. The summed E-state index contributed by atoms with van der Waals surface area (Å²) in [5.41, 5.74) is 0.0897. The second kappa shape index (κ2) is 8.88. The van der Waals surface area contributed by atoms with Gasteiger partial charge in [-0.2, -0.15) is 9.37 Å². The molecule has 3 aliphatic rings. The number of fused-ring (bicyclic) bond motifs is 2. The number of piperidine rings is 2. The van der Waals surface area contributed by atoms with E-state index < -0.39 is 17.8 Å². The van der Waals surface area contributed by atoms with Gasteiger partial charge in [-0.05, 0) is 44.2 Å². The zero-order valence-electron chi connectivity index (χ0n) is 19.8. The normalized spacial score (nSPS) is 25.5. The SMILES string of the molecule is Cn1c(F)cc(-c2ccc(-c3ncc(N(C4CC4)[C@H]4C[C@H]5CCC[C@H](N5)[C@H]4F)nn3)c(O)c2)nc1=O. The maximum Gasteiger partial charge on any atom is 0.350 e. The van der Waals surface area contributed by atoms with Crippen molar-refractivity contribution in [2.75, 3.05) is 4.90 Å². The van der Waals surface area contributed by atoms with Crippen LogP contribution in [0.15, 0.2) is 35.3 Å². The fourth-order valence-electron chi connectivity index (χ4n) is 5.48. The van der Waals surface area contributed by atoms with Gasteiger partial charge in [0, 0.05) is 36.8 Å². The molecule has 3 fully saturated rings. The number of hydrogen-bond donors (Lipinski definition) is 2. The average molecular weight is 496 g/mol. The maximum absolute atomic E-state index is 15.4. The van der Waals surface area contributed by atoms with Crippen molar-refractivity contribution >= 4 is 5.82 Å². The van der Waals surface area contributed by atoms with E-state index in [1.807, 2.05) is 0 Å². The molecular formula is C25H27F2N7O2. The average Bonchev–Trinajstić information content (AvgIpc) is 3.71. The van der Waals surface area contributed by atoms with Crippen LogP contribution in [0.5, 0.6) is 5.75 Å². The second-order valence-corrected chi connectivity index (χ2v) is 9.96. The lowest BCUT2D eigenvalue weighted by Crippen LogP contribution is -2.62. The van der Waals surface area contributed by atoms with Gasteiger partial charge in [0.05, 0.1) is 23.5 Å². The van der Waals surface area contributed by atoms with Crippen LogP contribution in [0.4, 0.5) is 14.6 Å². The van der Waals surface area contributed by atoms with Gasteiger partial charge in [0.2, 0.25) is 0 Å². The van der Waals surface area contributed by atoms with Crippen LogP contribution < -0.4 is 15.9 Å². The van der Waals surface area contributed by atoms with E-state index in [1.54, 1.807) is 18.3 Å². The summed E-state index contributed by atoms with van der Waals surface area (Å²) in [6.07, 6.45) is 6.31. The number of aromatic hydroxyl groups is 1. The number of nitrogens with one attached hydrogen (secondary N) is 1. The van der Waals surface area contributed by atoms with Gasteiger partial charge in [0.1, 0.15) is 11.9 Å². The molecule has 2 saturated heterocycles. The summed E-state index contributed by atoms with van der Waals surface area (Å²) in [5.74, 6) is -0.130. The number of alkyl halides is 1. The monoisotopic (exact) mass is 495 g/mol. The third kappa shape index (κ3) is 4.11. The Morgan fingerprint density at radius 1 is 1.17 bits per heavy atom. The van der Waals surface area contributed by atoms with Crippen LogP contribution in [0.3, 0.4) is 0 Å². The predicted molar refractivity (Wildman–Crippen MR) is 129 cm³/mol. The van der Waals surface area contributed by atoms with Crippen LogP contribution in [0.25, 0.3) is 22.6 Å². The number of phenolic OH excluding ortho intramolecular Hbond substituents is 1. The third-order valence-corrected chi connectivity index (χ3v) is 7.52. The van der Waals surface area contributed by atoms with Crippen LogP contribution >= 0.6 is 0 Å². The topological polar surface area (TPSA) is 109 Å². The van der Waals surface area contributed by atoms with E-state index in [1.165, 1.54) is 13.1 Å². The lowest BCUT2D eigenvalue weighted by atomic mass is 9.82. The number of benzene rings is 1. The van der Waals surface area contributed by atoms with Gasteiger partial charge in [0.25, 0.3) is 0 Å². The molecule has 0 spiro atoms. The van der Waals surface area contributed by atoms with Crippen molar-refractivity contribution in [2.45, 2.75) is 68.9 Å². The first kappa shape index (κ1) is 23.0. The Labute approximate surface area is 206 Å². The van der Waals surface area contributed by atoms with E-state index in [0.29, 0.717) is 23.0 Å². The fraction of sp³-hybridized carbons (Fsp3) is 0.480. The van der Waals surface area contributed by atoms with Gasteiger partial charge in [0.15, 0.2) is 17.6 Å². The van der Waals surface area contributed by atoms with Crippen molar-refractivity contribution < 1.29 is 13.9 Å². The number of halogens is 2. The van der Waals surface area contributed by atoms with Crippen molar-refractivity contribution in [1.29, 1.82) is 0 Å². The molecule has 2 aromatic heterocycles. The van der Waals surface area contributed by atoms with Gasteiger partial charge in [-0.25, -0.2) is 14.2 Å². The Morgan fingerprint density at radius 3 is 2.69 bits per heavy atom. The van der Waals surface area contributed by atoms with E-state index in [4.69, 9.17) is 0 Å². The Hall–Kier alpha value is -3.47. The van der Waals surface area contributed by atoms with Gasteiger partial charge in [-0.3, -0.25) is 4.57 Å². The van der Waals surface area contributed by atoms with E-state index in [2.05, 4.69) is 30.4 Å².